The van der Waals surface area contributed by atoms with Gasteiger partial charge in [0.25, 0.3) is 0 Å². The lowest BCUT2D eigenvalue weighted by Crippen LogP contribution is -2.37. The Balaban J connectivity index is 2.41. The second-order valence-electron chi connectivity index (χ2n) is 6.22. The molecule has 2 heterocycles. The average Bonchev–Trinajstić information content (AvgIpc) is 2.75. The van der Waals surface area contributed by atoms with Gasteiger partial charge in [-0.25, -0.2) is 4.79 Å². The van der Waals surface area contributed by atoms with Crippen molar-refractivity contribution in [3.05, 3.63) is 10.4 Å². The van der Waals surface area contributed by atoms with Crippen LogP contribution in [0.3, 0.4) is 0 Å². The van der Waals surface area contributed by atoms with Crippen molar-refractivity contribution in [2.45, 2.75) is 33.6 Å². The van der Waals surface area contributed by atoms with Crippen LogP contribution in [-0.4, -0.2) is 32.0 Å². The number of hydrogen-bond acceptors (Lipinski definition) is 6. The number of hydrogen-bond donors (Lipinski definition) is 1. The first-order valence-corrected chi connectivity index (χ1v) is 7.85. The summed E-state index contributed by atoms with van der Waals surface area (Å²) in [5.41, 5.74) is 6.91. The molecule has 0 unspecified atom stereocenters. The normalized spacial score (nSPS) is 17.6. The van der Waals surface area contributed by atoms with E-state index in [1.807, 2.05) is 0 Å². The number of thiophene rings is 1. The van der Waals surface area contributed by atoms with Gasteiger partial charge in [-0.2, -0.15) is 0 Å². The molecule has 5 nitrogen and oxygen atoms in total. The van der Waals surface area contributed by atoms with Crippen LogP contribution < -0.4 is 10.6 Å². The van der Waals surface area contributed by atoms with E-state index in [1.165, 1.54) is 25.4 Å². The molecule has 0 aliphatic carbocycles. The molecule has 1 saturated heterocycles. The monoisotopic (exact) mass is 310 g/mol. The third-order valence-corrected chi connectivity index (χ3v) is 5.41. The van der Waals surface area contributed by atoms with Crippen LogP contribution in [0.1, 0.15) is 53.6 Å². The quantitative estimate of drug-likeness (QED) is 0.686. The first-order chi connectivity index (χ1) is 9.76. The lowest BCUT2D eigenvalue weighted by atomic mass is 9.83. The van der Waals surface area contributed by atoms with Crippen LogP contribution in [0.4, 0.5) is 10.7 Å². The molecule has 0 aromatic carbocycles. The van der Waals surface area contributed by atoms with E-state index in [4.69, 9.17) is 10.5 Å². The summed E-state index contributed by atoms with van der Waals surface area (Å²) in [7, 11) is 1.33. The minimum absolute atomic E-state index is 0.119. The van der Waals surface area contributed by atoms with Crippen LogP contribution in [0.25, 0.3) is 0 Å². The fraction of sp³-hybridized carbons (Fsp3) is 0.600. The lowest BCUT2D eigenvalue weighted by Gasteiger charge is -2.37. The Kier molecular flexibility index (Phi) is 4.27. The molecule has 21 heavy (non-hydrogen) atoms. The summed E-state index contributed by atoms with van der Waals surface area (Å²) in [5.74, 6) is -0.595. The predicted molar refractivity (Wildman–Crippen MR) is 85.3 cm³/mol. The largest absolute Gasteiger partial charge is 0.465 e. The molecule has 0 saturated carbocycles. The van der Waals surface area contributed by atoms with E-state index in [2.05, 4.69) is 18.7 Å². The Morgan fingerprint density at radius 3 is 2.33 bits per heavy atom. The number of methoxy groups -OCH3 is 1. The van der Waals surface area contributed by atoms with Crippen molar-refractivity contribution in [1.82, 2.24) is 0 Å². The van der Waals surface area contributed by atoms with Crippen molar-refractivity contribution in [2.24, 2.45) is 5.41 Å². The molecule has 6 heteroatoms. The van der Waals surface area contributed by atoms with E-state index in [0.717, 1.165) is 30.9 Å². The topological polar surface area (TPSA) is 72.6 Å². The second kappa shape index (κ2) is 5.67. The number of carbonyl (C=O) groups is 2. The van der Waals surface area contributed by atoms with E-state index in [0.29, 0.717) is 15.9 Å². The van der Waals surface area contributed by atoms with Crippen LogP contribution >= 0.6 is 11.3 Å². The smallest absolute Gasteiger partial charge is 0.343 e. The molecule has 1 aromatic rings. The maximum atomic E-state index is 12.0. The van der Waals surface area contributed by atoms with Gasteiger partial charge in [0.1, 0.15) is 10.6 Å². The predicted octanol–water partition coefficient (Wildman–Crippen LogP) is 2.95. The molecule has 0 amide bonds. The first kappa shape index (κ1) is 15.8. The zero-order chi connectivity index (χ0) is 15.8. The number of carbonyl (C=O) groups excluding carboxylic acids is 2. The number of nitrogens with zero attached hydrogens (tertiary/aromatic N) is 1. The molecular weight excluding hydrogens is 288 g/mol. The Labute approximate surface area is 129 Å². The fourth-order valence-corrected chi connectivity index (χ4v) is 3.69. The number of ether oxygens (including phenoxy) is 1. The summed E-state index contributed by atoms with van der Waals surface area (Å²) in [6.07, 6.45) is 2.08. The number of rotatable bonds is 3. The van der Waals surface area contributed by atoms with Gasteiger partial charge in [-0.1, -0.05) is 13.8 Å². The highest BCUT2D eigenvalue weighted by atomic mass is 32.1. The molecule has 1 aliphatic heterocycles. The zero-order valence-corrected chi connectivity index (χ0v) is 13.8. The van der Waals surface area contributed by atoms with Gasteiger partial charge in [0.05, 0.1) is 17.7 Å². The summed E-state index contributed by atoms with van der Waals surface area (Å²) >= 11 is 1.30. The van der Waals surface area contributed by atoms with Crippen LogP contribution in [-0.2, 0) is 4.74 Å². The standard InChI is InChI=1S/C15H22N2O3S/c1-9(18)12-11(16)10(14(19)20-4)13(21-12)17-7-5-15(2,3)6-8-17/h5-8,16H2,1-4H3. The van der Waals surface area contributed by atoms with Crippen LogP contribution in [0.5, 0.6) is 0 Å². The molecule has 2 N–H and O–H groups in total. The maximum absolute atomic E-state index is 12.0. The Hall–Kier alpha value is -1.56. The van der Waals surface area contributed by atoms with Crippen LogP contribution in [0.15, 0.2) is 0 Å². The minimum Gasteiger partial charge on any atom is -0.465 e. The number of piperidine rings is 1. The SMILES string of the molecule is COC(=O)c1c(N2CCC(C)(C)CC2)sc(C(C)=O)c1N. The number of nitrogen functional groups attached to an aromatic ring is 1. The van der Waals surface area contributed by atoms with Gasteiger partial charge in [0.15, 0.2) is 5.78 Å². The number of Topliss-reactive ketones (excluding diaryl/α,β-unsaturated/α-hetero) is 1. The average molecular weight is 310 g/mol. The number of nitrogens with two attached hydrogens (primary N) is 1. The highest BCUT2D eigenvalue weighted by Gasteiger charge is 2.32. The van der Waals surface area contributed by atoms with Gasteiger partial charge < -0.3 is 15.4 Å². The first-order valence-electron chi connectivity index (χ1n) is 7.03. The minimum atomic E-state index is -0.476. The fourth-order valence-electron chi connectivity index (χ4n) is 2.53. The number of ketones is 1. The second-order valence-corrected chi connectivity index (χ2v) is 7.22. The Morgan fingerprint density at radius 1 is 1.29 bits per heavy atom. The summed E-state index contributed by atoms with van der Waals surface area (Å²) < 4.78 is 4.83. The van der Waals surface area contributed by atoms with Crippen molar-refractivity contribution >= 4 is 33.8 Å². The molecule has 0 spiro atoms. The molecule has 0 bridgehead atoms. The van der Waals surface area contributed by atoms with Crippen LogP contribution in [0, 0.1) is 5.41 Å². The highest BCUT2D eigenvalue weighted by Crippen LogP contribution is 2.42. The molecule has 0 radical (unpaired) electrons. The Bertz CT molecular complexity index is 568. The molecule has 1 aromatic heterocycles. The molecule has 1 fully saturated rings. The molecule has 0 atom stereocenters. The molecule has 116 valence electrons. The van der Waals surface area contributed by atoms with Gasteiger partial charge in [-0.15, -0.1) is 11.3 Å². The van der Waals surface area contributed by atoms with E-state index < -0.39 is 5.97 Å². The zero-order valence-electron chi connectivity index (χ0n) is 13.0. The van der Waals surface area contributed by atoms with Crippen molar-refractivity contribution in [1.29, 1.82) is 0 Å². The molecule has 2 rings (SSSR count). The Morgan fingerprint density at radius 2 is 1.86 bits per heavy atom. The van der Waals surface area contributed by atoms with E-state index in [-0.39, 0.29) is 11.5 Å². The number of esters is 1. The van der Waals surface area contributed by atoms with Gasteiger partial charge in [-0.3, -0.25) is 4.79 Å². The van der Waals surface area contributed by atoms with Gasteiger partial charge in [-0.05, 0) is 18.3 Å². The van der Waals surface area contributed by atoms with Crippen molar-refractivity contribution in [3.63, 3.8) is 0 Å². The molecular formula is C15H22N2O3S. The summed E-state index contributed by atoms with van der Waals surface area (Å²) in [6.45, 7) is 7.67. The van der Waals surface area contributed by atoms with E-state index in [9.17, 15) is 9.59 Å². The summed E-state index contributed by atoms with van der Waals surface area (Å²) in [4.78, 5) is 26.3. The summed E-state index contributed by atoms with van der Waals surface area (Å²) in [5, 5.41) is 0.764. The van der Waals surface area contributed by atoms with E-state index >= 15 is 0 Å². The van der Waals surface area contributed by atoms with Crippen molar-refractivity contribution in [3.8, 4) is 0 Å². The van der Waals surface area contributed by atoms with Crippen LogP contribution in [0.2, 0.25) is 0 Å². The van der Waals surface area contributed by atoms with Gasteiger partial charge >= 0.3 is 5.97 Å². The third-order valence-electron chi connectivity index (χ3n) is 4.04. The molecule has 1 aliphatic rings. The summed E-state index contributed by atoms with van der Waals surface area (Å²) in [6, 6.07) is 0. The van der Waals surface area contributed by atoms with Crippen molar-refractivity contribution in [2.75, 3.05) is 30.8 Å². The highest BCUT2D eigenvalue weighted by molar-refractivity contribution is 7.19. The maximum Gasteiger partial charge on any atom is 0.343 e. The van der Waals surface area contributed by atoms with E-state index in [1.54, 1.807) is 0 Å². The number of anilines is 2. The van der Waals surface area contributed by atoms with Gasteiger partial charge in [0, 0.05) is 20.0 Å². The third kappa shape index (κ3) is 3.05. The van der Waals surface area contributed by atoms with Gasteiger partial charge in [0.2, 0.25) is 0 Å². The van der Waals surface area contributed by atoms with Crippen molar-refractivity contribution < 1.29 is 14.3 Å². The lowest BCUT2D eigenvalue weighted by molar-refractivity contribution is 0.0603.